The largest absolute Gasteiger partial charge is 0.496 e. The van der Waals surface area contributed by atoms with Crippen molar-refractivity contribution in [2.45, 2.75) is 64.1 Å². The van der Waals surface area contributed by atoms with Crippen LogP contribution in [0.4, 0.5) is 4.79 Å². The van der Waals surface area contributed by atoms with Gasteiger partial charge in [0.2, 0.25) is 5.91 Å². The van der Waals surface area contributed by atoms with E-state index >= 15 is 0 Å². The minimum atomic E-state index is -1.31. The number of hydrogen-bond acceptors (Lipinski definition) is 6. The summed E-state index contributed by atoms with van der Waals surface area (Å²) in [4.78, 5) is 39.4. The molecule has 3 rings (SSSR count). The van der Waals surface area contributed by atoms with E-state index in [1.165, 1.54) is 0 Å². The number of alkyl carbamates (subject to hydrolysis) is 1. The lowest BCUT2D eigenvalue weighted by Crippen LogP contribution is -2.61. The molecule has 2 atom stereocenters. The van der Waals surface area contributed by atoms with E-state index in [1.807, 2.05) is 42.5 Å². The molecule has 0 fully saturated rings. The Kier molecular flexibility index (Phi) is 8.66. The normalized spacial score (nSPS) is 17.5. The van der Waals surface area contributed by atoms with Gasteiger partial charge in [0, 0.05) is 19.3 Å². The highest BCUT2D eigenvalue weighted by atomic mass is 79.9. The predicted molar refractivity (Wildman–Crippen MR) is 139 cm³/mol. The van der Waals surface area contributed by atoms with Gasteiger partial charge in [-0.05, 0) is 72.4 Å². The molecule has 0 saturated carbocycles. The van der Waals surface area contributed by atoms with Crippen LogP contribution in [-0.4, -0.2) is 48.9 Å². The van der Waals surface area contributed by atoms with E-state index in [0.717, 1.165) is 21.2 Å². The average Bonchev–Trinajstić information content (AvgIpc) is 3.15. The second kappa shape index (κ2) is 11.3. The Morgan fingerprint density at radius 3 is 2.31 bits per heavy atom. The summed E-state index contributed by atoms with van der Waals surface area (Å²) >= 11 is 3.49. The number of carbonyl (C=O) groups is 3. The zero-order valence-electron chi connectivity index (χ0n) is 21.3. The van der Waals surface area contributed by atoms with Crippen LogP contribution in [0.15, 0.2) is 46.9 Å². The third-order valence-corrected chi connectivity index (χ3v) is 6.40. The molecule has 0 radical (unpaired) electrons. The molecule has 0 bridgehead atoms. The summed E-state index contributed by atoms with van der Waals surface area (Å²) in [7, 11) is 1.57. The first-order chi connectivity index (χ1) is 17.0. The van der Waals surface area contributed by atoms with Crippen LogP contribution < -0.4 is 15.4 Å². The summed E-state index contributed by atoms with van der Waals surface area (Å²) in [5.74, 6) is -0.398. The first-order valence-electron chi connectivity index (χ1n) is 11.8. The van der Waals surface area contributed by atoms with Crippen LogP contribution in [0.1, 0.15) is 44.4 Å². The van der Waals surface area contributed by atoms with Gasteiger partial charge in [0.25, 0.3) is 0 Å². The lowest BCUT2D eigenvalue weighted by molar-refractivity contribution is -0.153. The Morgan fingerprint density at radius 2 is 1.72 bits per heavy atom. The van der Waals surface area contributed by atoms with Crippen molar-refractivity contribution in [2.75, 3.05) is 13.7 Å². The van der Waals surface area contributed by atoms with Gasteiger partial charge in [0.1, 0.15) is 22.9 Å². The smallest absolute Gasteiger partial charge is 0.408 e. The fourth-order valence-corrected chi connectivity index (χ4v) is 4.77. The summed E-state index contributed by atoms with van der Waals surface area (Å²) in [6, 6.07) is 12.1. The molecule has 194 valence electrons. The summed E-state index contributed by atoms with van der Waals surface area (Å²) in [5.41, 5.74) is 0.580. The predicted octanol–water partition coefficient (Wildman–Crippen LogP) is 4.11. The fourth-order valence-electron chi connectivity index (χ4n) is 4.22. The summed E-state index contributed by atoms with van der Waals surface area (Å²) < 4.78 is 16.9. The van der Waals surface area contributed by atoms with Crippen molar-refractivity contribution in [2.24, 2.45) is 0 Å². The molecule has 2 amide bonds. The van der Waals surface area contributed by atoms with Crippen LogP contribution in [-0.2, 0) is 38.3 Å². The van der Waals surface area contributed by atoms with Gasteiger partial charge in [-0.1, -0.05) is 30.3 Å². The number of carbonyl (C=O) groups excluding carboxylic acids is 3. The topological polar surface area (TPSA) is 103 Å². The summed E-state index contributed by atoms with van der Waals surface area (Å²) in [5, 5.41) is 5.61. The molecule has 9 heteroatoms. The zero-order valence-corrected chi connectivity index (χ0v) is 22.9. The van der Waals surface area contributed by atoms with Gasteiger partial charge in [-0.25, -0.2) is 9.59 Å². The van der Waals surface area contributed by atoms with Crippen LogP contribution >= 0.6 is 15.9 Å². The van der Waals surface area contributed by atoms with Crippen LogP contribution in [0.5, 0.6) is 5.75 Å². The van der Waals surface area contributed by atoms with Crippen molar-refractivity contribution < 1.29 is 28.6 Å². The Labute approximate surface area is 220 Å². The van der Waals surface area contributed by atoms with Crippen LogP contribution in [0.3, 0.4) is 0 Å². The number of methoxy groups -OCH3 is 1. The number of esters is 1. The average molecular weight is 561 g/mol. The standard InChI is InChI=1S/C27H33BrN2O6/c1-6-35-24(32)27(15-18-13-20(28)22(34-5)14-19(18)16-27)30-23(31)21(12-17-10-8-7-9-11-17)29-25(33)36-26(2,3)4/h7-11,13-14,21H,6,12,15-16H2,1-5H3,(H,29,33)(H,30,31)/t21-,27-/m0/s1. The number of halogens is 1. The van der Waals surface area contributed by atoms with Gasteiger partial charge in [0.15, 0.2) is 0 Å². The maximum Gasteiger partial charge on any atom is 0.408 e. The minimum Gasteiger partial charge on any atom is -0.496 e. The van der Waals surface area contributed by atoms with Crippen molar-refractivity contribution in [1.29, 1.82) is 0 Å². The van der Waals surface area contributed by atoms with Crippen molar-refractivity contribution >= 4 is 33.9 Å². The molecule has 0 unspecified atom stereocenters. The molecule has 1 aliphatic carbocycles. The highest BCUT2D eigenvalue weighted by molar-refractivity contribution is 9.10. The molecule has 2 aromatic rings. The Balaban J connectivity index is 1.90. The van der Waals surface area contributed by atoms with Gasteiger partial charge >= 0.3 is 12.1 Å². The zero-order chi connectivity index (χ0) is 26.5. The van der Waals surface area contributed by atoms with Gasteiger partial charge in [0.05, 0.1) is 18.2 Å². The molecule has 0 aromatic heterocycles. The maximum absolute atomic E-state index is 13.6. The number of hydrogen-bond donors (Lipinski definition) is 2. The Hall–Kier alpha value is -3.07. The highest BCUT2D eigenvalue weighted by Crippen LogP contribution is 2.37. The number of rotatable bonds is 8. The maximum atomic E-state index is 13.6. The molecule has 0 aliphatic heterocycles. The van der Waals surface area contributed by atoms with E-state index < -0.39 is 35.2 Å². The highest BCUT2D eigenvalue weighted by Gasteiger charge is 2.48. The van der Waals surface area contributed by atoms with Crippen molar-refractivity contribution in [3.8, 4) is 5.75 Å². The third kappa shape index (κ3) is 6.78. The third-order valence-electron chi connectivity index (χ3n) is 5.78. The SMILES string of the molecule is CCOC(=O)[C@]1(NC(=O)[C@H](Cc2ccccc2)NC(=O)OC(C)(C)C)Cc2cc(Br)c(OC)cc2C1. The molecule has 0 spiro atoms. The van der Waals surface area contributed by atoms with Gasteiger partial charge in [-0.3, -0.25) is 4.79 Å². The molecular weight excluding hydrogens is 528 g/mol. The monoisotopic (exact) mass is 560 g/mol. The van der Waals surface area contributed by atoms with Crippen molar-refractivity contribution in [3.63, 3.8) is 0 Å². The van der Waals surface area contributed by atoms with Crippen molar-refractivity contribution in [1.82, 2.24) is 10.6 Å². The van der Waals surface area contributed by atoms with Crippen molar-refractivity contribution in [3.05, 3.63) is 63.6 Å². The number of fused-ring (bicyclic) bond motifs is 1. The quantitative estimate of drug-likeness (QED) is 0.471. The van der Waals surface area contributed by atoms with Crippen LogP contribution in [0.2, 0.25) is 0 Å². The van der Waals surface area contributed by atoms with Crippen LogP contribution in [0, 0.1) is 0 Å². The van der Waals surface area contributed by atoms with Gasteiger partial charge in [-0.15, -0.1) is 0 Å². The number of nitrogens with one attached hydrogen (secondary N) is 2. The second-order valence-electron chi connectivity index (χ2n) is 9.79. The van der Waals surface area contributed by atoms with Gasteiger partial charge < -0.3 is 24.8 Å². The van der Waals surface area contributed by atoms with E-state index in [0.29, 0.717) is 5.75 Å². The van der Waals surface area contributed by atoms with E-state index in [9.17, 15) is 14.4 Å². The lowest BCUT2D eigenvalue weighted by Gasteiger charge is -2.30. The van der Waals surface area contributed by atoms with E-state index in [-0.39, 0.29) is 25.9 Å². The fraction of sp³-hybridized carbons (Fsp3) is 0.444. The molecule has 1 aliphatic rings. The molecule has 36 heavy (non-hydrogen) atoms. The van der Waals surface area contributed by atoms with E-state index in [1.54, 1.807) is 34.8 Å². The first kappa shape index (κ1) is 27.5. The first-order valence-corrected chi connectivity index (χ1v) is 12.6. The number of ether oxygens (including phenoxy) is 3. The Bertz CT molecular complexity index is 1120. The minimum absolute atomic E-state index is 0.170. The molecule has 0 heterocycles. The lowest BCUT2D eigenvalue weighted by atomic mass is 9.94. The second-order valence-corrected chi connectivity index (χ2v) is 10.6. The van der Waals surface area contributed by atoms with E-state index in [4.69, 9.17) is 14.2 Å². The van der Waals surface area contributed by atoms with E-state index in [2.05, 4.69) is 26.6 Å². The molecule has 0 saturated heterocycles. The molecule has 8 nitrogen and oxygen atoms in total. The molecular formula is C27H33BrN2O6. The Morgan fingerprint density at radius 1 is 1.08 bits per heavy atom. The summed E-state index contributed by atoms with van der Waals surface area (Å²) in [6.07, 6.45) is -0.00908. The number of amides is 2. The summed E-state index contributed by atoms with van der Waals surface area (Å²) in [6.45, 7) is 7.13. The molecule has 2 N–H and O–H groups in total. The van der Waals surface area contributed by atoms with Gasteiger partial charge in [-0.2, -0.15) is 0 Å². The van der Waals surface area contributed by atoms with Crippen LogP contribution in [0.25, 0.3) is 0 Å². The number of benzene rings is 2. The molecule has 2 aromatic carbocycles.